The molecule has 0 bridgehead atoms. The molecule has 2 rings (SSSR count). The molecule has 1 saturated heterocycles. The second kappa shape index (κ2) is 6.01. The van der Waals surface area contributed by atoms with Crippen molar-refractivity contribution in [2.45, 2.75) is 33.7 Å². The van der Waals surface area contributed by atoms with Crippen LogP contribution in [0.1, 0.15) is 32.2 Å². The largest absolute Gasteiger partial charge is 0.466 e. The van der Waals surface area contributed by atoms with Gasteiger partial charge in [-0.05, 0) is 25.8 Å². The Morgan fingerprint density at radius 3 is 3.00 bits per heavy atom. The highest BCUT2D eigenvalue weighted by Crippen LogP contribution is 2.39. The fraction of sp³-hybridized carbons (Fsp3) is 0.714. The third-order valence-corrected chi connectivity index (χ3v) is 4.77. The van der Waals surface area contributed by atoms with E-state index in [2.05, 4.69) is 23.7 Å². The second-order valence-corrected chi connectivity index (χ2v) is 6.40. The molecular weight excluding hydrogens is 260 g/mol. The zero-order chi connectivity index (χ0) is 13.9. The number of likely N-dealkylation sites (tertiary alicyclic amines) is 1. The Morgan fingerprint density at radius 2 is 2.42 bits per heavy atom. The first kappa shape index (κ1) is 14.5. The summed E-state index contributed by atoms with van der Waals surface area (Å²) in [5.41, 5.74) is -0.340. The summed E-state index contributed by atoms with van der Waals surface area (Å²) in [5.74, 6) is 0.263. The average molecular weight is 282 g/mol. The van der Waals surface area contributed by atoms with Gasteiger partial charge >= 0.3 is 5.97 Å². The Bertz CT molecular complexity index is 419. The number of hydrogen-bond acceptors (Lipinski definition) is 5. The van der Waals surface area contributed by atoms with Crippen LogP contribution in [0.25, 0.3) is 0 Å². The summed E-state index contributed by atoms with van der Waals surface area (Å²) in [4.78, 5) is 18.9. The van der Waals surface area contributed by atoms with Crippen molar-refractivity contribution in [3.8, 4) is 0 Å². The minimum absolute atomic E-state index is 0.0355. The van der Waals surface area contributed by atoms with Gasteiger partial charge in [0.2, 0.25) is 0 Å². The van der Waals surface area contributed by atoms with Gasteiger partial charge in [0.15, 0.2) is 0 Å². The molecule has 1 aromatic heterocycles. The minimum atomic E-state index is -0.340. The van der Waals surface area contributed by atoms with Gasteiger partial charge in [0.1, 0.15) is 5.01 Å². The average Bonchev–Trinajstić information content (AvgIpc) is 3.00. The van der Waals surface area contributed by atoms with Gasteiger partial charge in [0, 0.05) is 18.1 Å². The first-order valence-electron chi connectivity index (χ1n) is 6.86. The molecule has 2 heterocycles. The van der Waals surface area contributed by atoms with E-state index in [4.69, 9.17) is 4.74 Å². The van der Waals surface area contributed by atoms with E-state index in [1.54, 1.807) is 11.3 Å². The van der Waals surface area contributed by atoms with Crippen LogP contribution in [-0.2, 0) is 16.1 Å². The number of ether oxygens (including phenoxy) is 1. The van der Waals surface area contributed by atoms with Crippen LogP contribution in [0, 0.1) is 11.3 Å². The molecule has 0 aromatic carbocycles. The van der Waals surface area contributed by atoms with Crippen molar-refractivity contribution in [2.75, 3.05) is 19.7 Å². The fourth-order valence-electron chi connectivity index (χ4n) is 2.72. The number of carbonyl (C=O) groups is 1. The van der Waals surface area contributed by atoms with Gasteiger partial charge in [0.25, 0.3) is 0 Å². The van der Waals surface area contributed by atoms with Crippen molar-refractivity contribution in [2.24, 2.45) is 11.3 Å². The normalized spacial score (nSPS) is 24.0. The maximum atomic E-state index is 12.3. The maximum Gasteiger partial charge on any atom is 0.313 e. The van der Waals surface area contributed by atoms with E-state index in [0.29, 0.717) is 12.5 Å². The van der Waals surface area contributed by atoms with Gasteiger partial charge in [0.05, 0.1) is 18.6 Å². The van der Waals surface area contributed by atoms with Crippen molar-refractivity contribution in [3.05, 3.63) is 16.6 Å². The van der Waals surface area contributed by atoms with Gasteiger partial charge in [-0.25, -0.2) is 4.98 Å². The van der Waals surface area contributed by atoms with Crippen molar-refractivity contribution in [3.63, 3.8) is 0 Å². The number of esters is 1. The first-order valence-corrected chi connectivity index (χ1v) is 7.74. The molecule has 0 amide bonds. The van der Waals surface area contributed by atoms with Crippen LogP contribution in [0.3, 0.4) is 0 Å². The molecule has 1 aliphatic rings. The van der Waals surface area contributed by atoms with Gasteiger partial charge in [-0.2, -0.15) is 0 Å². The molecule has 0 saturated carbocycles. The van der Waals surface area contributed by atoms with Crippen LogP contribution in [0.15, 0.2) is 11.6 Å². The van der Waals surface area contributed by atoms with E-state index >= 15 is 0 Å². The first-order chi connectivity index (χ1) is 9.08. The van der Waals surface area contributed by atoms with E-state index in [0.717, 1.165) is 31.1 Å². The van der Waals surface area contributed by atoms with Gasteiger partial charge in [-0.15, -0.1) is 11.3 Å². The van der Waals surface area contributed by atoms with Crippen molar-refractivity contribution in [1.29, 1.82) is 0 Å². The van der Waals surface area contributed by atoms with Crippen LogP contribution >= 0.6 is 11.3 Å². The smallest absolute Gasteiger partial charge is 0.313 e. The lowest BCUT2D eigenvalue weighted by atomic mass is 9.76. The zero-order valence-corrected chi connectivity index (χ0v) is 12.7. The lowest BCUT2D eigenvalue weighted by Crippen LogP contribution is -2.40. The molecule has 4 nitrogen and oxygen atoms in total. The van der Waals surface area contributed by atoms with Crippen LogP contribution in [0.5, 0.6) is 0 Å². The lowest BCUT2D eigenvalue weighted by Gasteiger charge is -2.30. The predicted molar refractivity (Wildman–Crippen MR) is 75.9 cm³/mol. The lowest BCUT2D eigenvalue weighted by molar-refractivity contribution is -0.157. The van der Waals surface area contributed by atoms with E-state index in [1.807, 2.05) is 18.5 Å². The molecule has 0 spiro atoms. The summed E-state index contributed by atoms with van der Waals surface area (Å²) in [6.07, 6.45) is 2.71. The van der Waals surface area contributed by atoms with Crippen LogP contribution in [0.4, 0.5) is 0 Å². The Kier molecular flexibility index (Phi) is 4.58. The Morgan fingerprint density at radius 1 is 1.63 bits per heavy atom. The van der Waals surface area contributed by atoms with Gasteiger partial charge in [-0.1, -0.05) is 13.8 Å². The van der Waals surface area contributed by atoms with Gasteiger partial charge < -0.3 is 4.74 Å². The molecule has 1 aromatic rings. The van der Waals surface area contributed by atoms with E-state index in [9.17, 15) is 4.79 Å². The monoisotopic (exact) mass is 282 g/mol. The number of nitrogens with zero attached hydrogens (tertiary/aromatic N) is 2. The minimum Gasteiger partial charge on any atom is -0.466 e. The van der Waals surface area contributed by atoms with Crippen molar-refractivity contribution < 1.29 is 9.53 Å². The highest BCUT2D eigenvalue weighted by atomic mass is 32.1. The zero-order valence-electron chi connectivity index (χ0n) is 11.9. The molecule has 0 radical (unpaired) electrons. The summed E-state index contributed by atoms with van der Waals surface area (Å²) < 4.78 is 5.30. The highest BCUT2D eigenvalue weighted by molar-refractivity contribution is 7.09. The second-order valence-electron chi connectivity index (χ2n) is 5.42. The van der Waals surface area contributed by atoms with E-state index in [1.165, 1.54) is 0 Å². The summed E-state index contributed by atoms with van der Waals surface area (Å²) >= 11 is 1.67. The number of rotatable bonds is 5. The number of carbonyl (C=O) groups excluding carboxylic acids is 1. The Balaban J connectivity index is 2.05. The summed E-state index contributed by atoms with van der Waals surface area (Å²) in [7, 11) is 0. The van der Waals surface area contributed by atoms with Crippen LogP contribution in [0.2, 0.25) is 0 Å². The predicted octanol–water partition coefficient (Wildman–Crippen LogP) is 2.55. The Labute approximate surface area is 118 Å². The number of thiazole rings is 1. The summed E-state index contributed by atoms with van der Waals surface area (Å²) in [6, 6.07) is 0. The van der Waals surface area contributed by atoms with Crippen molar-refractivity contribution >= 4 is 17.3 Å². The maximum absolute atomic E-state index is 12.3. The van der Waals surface area contributed by atoms with Crippen LogP contribution in [-0.4, -0.2) is 35.5 Å². The molecule has 1 unspecified atom stereocenters. The van der Waals surface area contributed by atoms with Crippen LogP contribution < -0.4 is 0 Å². The fourth-order valence-corrected chi connectivity index (χ4v) is 3.38. The summed E-state index contributed by atoms with van der Waals surface area (Å²) in [5, 5.41) is 3.11. The standard InChI is InChI=1S/C14H22N2O2S/c1-4-18-13(17)14(11(2)3)5-7-16(10-14)9-12-15-6-8-19-12/h6,8,11H,4-5,7,9-10H2,1-3H3. The molecule has 5 heteroatoms. The summed E-state index contributed by atoms with van der Waals surface area (Å²) in [6.45, 7) is 9.12. The molecule has 1 fully saturated rings. The molecule has 1 aliphatic heterocycles. The third-order valence-electron chi connectivity index (χ3n) is 4.01. The van der Waals surface area contributed by atoms with Crippen molar-refractivity contribution in [1.82, 2.24) is 9.88 Å². The third kappa shape index (κ3) is 2.98. The van der Waals surface area contributed by atoms with E-state index in [-0.39, 0.29) is 11.4 Å². The topological polar surface area (TPSA) is 42.4 Å². The molecule has 106 valence electrons. The molecule has 1 atom stereocenters. The number of hydrogen-bond donors (Lipinski definition) is 0. The van der Waals surface area contributed by atoms with E-state index < -0.39 is 0 Å². The molecule has 0 N–H and O–H groups in total. The van der Waals surface area contributed by atoms with Gasteiger partial charge in [-0.3, -0.25) is 9.69 Å². The number of aromatic nitrogens is 1. The molecular formula is C14H22N2O2S. The molecule has 0 aliphatic carbocycles. The quantitative estimate of drug-likeness (QED) is 0.778. The molecule has 19 heavy (non-hydrogen) atoms. The SMILES string of the molecule is CCOC(=O)C1(C(C)C)CCN(Cc2nccs2)C1. The highest BCUT2D eigenvalue weighted by Gasteiger charge is 2.48. The Hall–Kier alpha value is -0.940.